The number of rotatable bonds is 4. The van der Waals surface area contributed by atoms with Crippen LogP contribution < -0.4 is 4.74 Å². The van der Waals surface area contributed by atoms with Crippen molar-refractivity contribution in [3.05, 3.63) is 65.2 Å². The minimum absolute atomic E-state index is 0.0922. The van der Waals surface area contributed by atoms with Crippen LogP contribution in [0.25, 0.3) is 0 Å². The van der Waals surface area contributed by atoms with Crippen molar-refractivity contribution in [2.45, 2.75) is 12.8 Å². The van der Waals surface area contributed by atoms with E-state index in [1.54, 1.807) is 12.1 Å². The second-order valence-corrected chi connectivity index (χ2v) is 4.60. The molecule has 0 atom stereocenters. The largest absolute Gasteiger partial charge is 0.488 e. The number of halogens is 4. The fourth-order valence-corrected chi connectivity index (χ4v) is 1.91. The molecule has 0 amide bonds. The molecule has 0 aliphatic heterocycles. The van der Waals surface area contributed by atoms with E-state index in [-0.39, 0.29) is 17.9 Å². The standard InChI is InChI=1S/C15H10ClF3O2/c16-14(20)12-6-1-2-7-13(12)21-9-10-4-3-5-11(8-10)15(17,18)19/h1-8H,9H2. The van der Waals surface area contributed by atoms with Gasteiger partial charge in [0, 0.05) is 0 Å². The highest BCUT2D eigenvalue weighted by molar-refractivity contribution is 6.68. The van der Waals surface area contributed by atoms with E-state index in [0.29, 0.717) is 5.56 Å². The van der Waals surface area contributed by atoms with Crippen LogP contribution >= 0.6 is 11.6 Å². The van der Waals surface area contributed by atoms with Crippen molar-refractivity contribution in [3.63, 3.8) is 0 Å². The first-order valence-electron chi connectivity index (χ1n) is 5.96. The van der Waals surface area contributed by atoms with Gasteiger partial charge in [0.1, 0.15) is 12.4 Å². The summed E-state index contributed by atoms with van der Waals surface area (Å²) in [6, 6.07) is 11.1. The van der Waals surface area contributed by atoms with Crippen molar-refractivity contribution in [2.75, 3.05) is 0 Å². The van der Waals surface area contributed by atoms with Gasteiger partial charge in [-0.25, -0.2) is 0 Å². The zero-order valence-electron chi connectivity index (χ0n) is 10.7. The van der Waals surface area contributed by atoms with Gasteiger partial charge in [0.05, 0.1) is 11.1 Å². The molecule has 2 nitrogen and oxygen atoms in total. The molecular weight excluding hydrogens is 305 g/mol. The maximum Gasteiger partial charge on any atom is 0.416 e. The minimum Gasteiger partial charge on any atom is -0.488 e. The molecule has 0 heterocycles. The second-order valence-electron chi connectivity index (χ2n) is 4.26. The lowest BCUT2D eigenvalue weighted by Crippen LogP contribution is -2.06. The molecule has 2 rings (SSSR count). The van der Waals surface area contributed by atoms with Crippen molar-refractivity contribution < 1.29 is 22.7 Å². The van der Waals surface area contributed by atoms with Gasteiger partial charge in [-0.15, -0.1) is 0 Å². The predicted molar refractivity (Wildman–Crippen MR) is 72.4 cm³/mol. The average molecular weight is 315 g/mol. The molecule has 0 N–H and O–H groups in total. The number of hydrogen-bond donors (Lipinski definition) is 0. The van der Waals surface area contributed by atoms with E-state index >= 15 is 0 Å². The molecule has 0 spiro atoms. The molecule has 2 aromatic carbocycles. The number of para-hydroxylation sites is 1. The van der Waals surface area contributed by atoms with Gasteiger partial charge >= 0.3 is 6.18 Å². The van der Waals surface area contributed by atoms with Gasteiger partial charge < -0.3 is 4.74 Å². The molecule has 0 aliphatic rings. The van der Waals surface area contributed by atoms with Gasteiger partial charge in [-0.05, 0) is 41.4 Å². The van der Waals surface area contributed by atoms with Crippen LogP contribution in [0.5, 0.6) is 5.75 Å². The number of hydrogen-bond acceptors (Lipinski definition) is 2. The summed E-state index contributed by atoms with van der Waals surface area (Å²) >= 11 is 5.41. The van der Waals surface area contributed by atoms with E-state index in [9.17, 15) is 18.0 Å². The highest BCUT2D eigenvalue weighted by Crippen LogP contribution is 2.30. The Kier molecular flexibility index (Phi) is 4.53. The summed E-state index contributed by atoms with van der Waals surface area (Å²) in [6.45, 7) is -0.0922. The van der Waals surface area contributed by atoms with E-state index in [4.69, 9.17) is 16.3 Å². The predicted octanol–water partition coefficient (Wildman–Crippen LogP) is 4.66. The Labute approximate surface area is 124 Å². The third kappa shape index (κ3) is 3.98. The van der Waals surface area contributed by atoms with Crippen molar-refractivity contribution in [1.82, 2.24) is 0 Å². The van der Waals surface area contributed by atoms with E-state index in [2.05, 4.69) is 0 Å². The number of carbonyl (C=O) groups is 1. The first-order chi connectivity index (χ1) is 9.88. The van der Waals surface area contributed by atoms with E-state index in [1.807, 2.05) is 0 Å². The Hall–Kier alpha value is -2.01. The molecule has 0 unspecified atom stereocenters. The first-order valence-corrected chi connectivity index (χ1v) is 6.33. The molecule has 0 aromatic heterocycles. The maximum absolute atomic E-state index is 12.6. The lowest BCUT2D eigenvalue weighted by atomic mass is 10.1. The Morgan fingerprint density at radius 1 is 1.10 bits per heavy atom. The highest BCUT2D eigenvalue weighted by atomic mass is 35.5. The molecule has 110 valence electrons. The average Bonchev–Trinajstić information content (AvgIpc) is 2.45. The van der Waals surface area contributed by atoms with Crippen LogP contribution in [0.3, 0.4) is 0 Å². The SMILES string of the molecule is O=C(Cl)c1ccccc1OCc1cccc(C(F)(F)F)c1. The van der Waals surface area contributed by atoms with Gasteiger partial charge in [-0.1, -0.05) is 24.3 Å². The molecular formula is C15H10ClF3O2. The fourth-order valence-electron chi connectivity index (χ4n) is 1.75. The lowest BCUT2D eigenvalue weighted by molar-refractivity contribution is -0.137. The first kappa shape index (κ1) is 15.4. The molecule has 0 radical (unpaired) electrons. The molecule has 21 heavy (non-hydrogen) atoms. The van der Waals surface area contributed by atoms with Crippen molar-refractivity contribution in [3.8, 4) is 5.75 Å². The minimum atomic E-state index is -4.40. The molecule has 0 fully saturated rings. The molecule has 0 bridgehead atoms. The van der Waals surface area contributed by atoms with Gasteiger partial charge in [-0.2, -0.15) is 13.2 Å². The van der Waals surface area contributed by atoms with E-state index in [1.165, 1.54) is 24.3 Å². The van der Waals surface area contributed by atoms with Crippen molar-refractivity contribution >= 4 is 16.8 Å². The zero-order chi connectivity index (χ0) is 15.5. The van der Waals surface area contributed by atoms with Crippen molar-refractivity contribution in [2.24, 2.45) is 0 Å². The topological polar surface area (TPSA) is 26.3 Å². The monoisotopic (exact) mass is 314 g/mol. The molecule has 0 aliphatic carbocycles. The summed E-state index contributed by atoms with van der Waals surface area (Å²) in [7, 11) is 0. The maximum atomic E-state index is 12.6. The summed E-state index contributed by atoms with van der Waals surface area (Å²) < 4.78 is 43.2. The van der Waals surface area contributed by atoms with Gasteiger partial charge in [0.25, 0.3) is 5.24 Å². The Morgan fingerprint density at radius 2 is 1.81 bits per heavy atom. The summed E-state index contributed by atoms with van der Waals surface area (Å²) in [6.07, 6.45) is -4.40. The quantitative estimate of drug-likeness (QED) is 0.767. The molecule has 0 saturated heterocycles. The third-order valence-electron chi connectivity index (χ3n) is 2.75. The molecule has 2 aromatic rings. The normalized spacial score (nSPS) is 11.2. The van der Waals surface area contributed by atoms with E-state index < -0.39 is 17.0 Å². The van der Waals surface area contributed by atoms with Crippen molar-refractivity contribution in [1.29, 1.82) is 0 Å². The fraction of sp³-hybridized carbons (Fsp3) is 0.133. The van der Waals surface area contributed by atoms with Gasteiger partial charge in [0.15, 0.2) is 0 Å². The van der Waals surface area contributed by atoms with Crippen LogP contribution in [0.2, 0.25) is 0 Å². The Balaban J connectivity index is 2.16. The van der Waals surface area contributed by atoms with E-state index in [0.717, 1.165) is 12.1 Å². The number of benzene rings is 2. The smallest absolute Gasteiger partial charge is 0.416 e. The zero-order valence-corrected chi connectivity index (χ0v) is 11.4. The highest BCUT2D eigenvalue weighted by Gasteiger charge is 2.30. The lowest BCUT2D eigenvalue weighted by Gasteiger charge is -2.11. The summed E-state index contributed by atoms with van der Waals surface area (Å²) in [5.74, 6) is 0.231. The number of alkyl halides is 3. The Morgan fingerprint density at radius 3 is 2.48 bits per heavy atom. The number of carbonyl (C=O) groups excluding carboxylic acids is 1. The van der Waals surface area contributed by atoms with Crippen LogP contribution in [0, 0.1) is 0 Å². The molecule has 6 heteroatoms. The third-order valence-corrected chi connectivity index (χ3v) is 2.95. The second kappa shape index (κ2) is 6.18. The summed E-state index contributed by atoms with van der Waals surface area (Å²) in [5, 5.41) is -0.686. The van der Waals surface area contributed by atoms with Crippen LogP contribution in [-0.2, 0) is 12.8 Å². The van der Waals surface area contributed by atoms with Gasteiger partial charge in [-0.3, -0.25) is 4.79 Å². The van der Waals surface area contributed by atoms with Gasteiger partial charge in [0.2, 0.25) is 0 Å². The van der Waals surface area contributed by atoms with Crippen LogP contribution in [0.4, 0.5) is 13.2 Å². The molecule has 0 saturated carbocycles. The summed E-state index contributed by atoms with van der Waals surface area (Å²) in [4.78, 5) is 11.2. The Bertz CT molecular complexity index is 653. The number of ether oxygens (including phenoxy) is 1. The van der Waals surface area contributed by atoms with Crippen LogP contribution in [0.15, 0.2) is 48.5 Å². The van der Waals surface area contributed by atoms with Crippen LogP contribution in [0.1, 0.15) is 21.5 Å². The van der Waals surface area contributed by atoms with Crippen LogP contribution in [-0.4, -0.2) is 5.24 Å². The summed E-state index contributed by atoms with van der Waals surface area (Å²) in [5.41, 5.74) is -0.224.